The van der Waals surface area contributed by atoms with Crippen LogP contribution >= 0.6 is 0 Å². The second-order valence-corrected chi connectivity index (χ2v) is 4.95. The maximum absolute atomic E-state index is 11.8. The van der Waals surface area contributed by atoms with Crippen molar-refractivity contribution in [1.29, 1.82) is 0 Å². The third kappa shape index (κ3) is 2.77. The Kier molecular flexibility index (Phi) is 3.59. The highest BCUT2D eigenvalue weighted by molar-refractivity contribution is 5.94. The summed E-state index contributed by atoms with van der Waals surface area (Å²) in [5, 5.41) is 4.02. The molecule has 0 bridgehead atoms. The van der Waals surface area contributed by atoms with Crippen molar-refractivity contribution in [2.45, 2.75) is 19.3 Å². The first-order valence-corrected chi connectivity index (χ1v) is 6.83. The molecule has 0 saturated carbocycles. The number of fused-ring (bicyclic) bond motifs is 1. The molecule has 3 heteroatoms. The van der Waals surface area contributed by atoms with Gasteiger partial charge in [0, 0.05) is 5.56 Å². The van der Waals surface area contributed by atoms with E-state index in [0.717, 1.165) is 12.0 Å². The van der Waals surface area contributed by atoms with Gasteiger partial charge in [-0.3, -0.25) is 4.79 Å². The molecular formula is C17H16N2O. The van der Waals surface area contributed by atoms with Gasteiger partial charge in [0.25, 0.3) is 5.91 Å². The summed E-state index contributed by atoms with van der Waals surface area (Å²) in [6, 6.07) is 15.4. The molecule has 0 aromatic heterocycles. The molecule has 1 aliphatic carbocycles. The monoisotopic (exact) mass is 264 g/mol. The zero-order valence-corrected chi connectivity index (χ0v) is 11.2. The van der Waals surface area contributed by atoms with Crippen molar-refractivity contribution < 1.29 is 4.79 Å². The number of rotatable bonds is 3. The standard InChI is InChI=1S/C17H16N2O/c20-17(15-5-2-1-3-6-15)19-18-12-13-9-10-14-7-4-8-16(14)11-13/h1-3,5-6,9-12H,4,7-8H2,(H,19,20)/b18-12-. The highest BCUT2D eigenvalue weighted by Gasteiger charge is 2.10. The molecule has 1 amide bonds. The van der Waals surface area contributed by atoms with Gasteiger partial charge in [0.05, 0.1) is 6.21 Å². The molecule has 0 unspecified atom stereocenters. The van der Waals surface area contributed by atoms with Crippen LogP contribution in [0.25, 0.3) is 0 Å². The molecule has 3 nitrogen and oxygen atoms in total. The van der Waals surface area contributed by atoms with Crippen LogP contribution in [-0.2, 0) is 12.8 Å². The van der Waals surface area contributed by atoms with Crippen molar-refractivity contribution in [3.05, 3.63) is 70.8 Å². The SMILES string of the molecule is O=C(N/N=C\c1ccc2c(c1)CCC2)c1ccccc1. The first-order chi connectivity index (χ1) is 9.83. The smallest absolute Gasteiger partial charge is 0.267 e. The lowest BCUT2D eigenvalue weighted by atomic mass is 10.1. The minimum absolute atomic E-state index is 0.192. The molecule has 0 spiro atoms. The lowest BCUT2D eigenvalue weighted by Crippen LogP contribution is -2.17. The number of hydrogen-bond acceptors (Lipinski definition) is 2. The van der Waals surface area contributed by atoms with Gasteiger partial charge in [-0.25, -0.2) is 5.43 Å². The number of amides is 1. The summed E-state index contributed by atoms with van der Waals surface area (Å²) < 4.78 is 0. The molecule has 0 fully saturated rings. The van der Waals surface area contributed by atoms with Crippen molar-refractivity contribution in [2.24, 2.45) is 5.10 Å². The summed E-state index contributed by atoms with van der Waals surface area (Å²) in [7, 11) is 0. The van der Waals surface area contributed by atoms with Crippen LogP contribution in [0.2, 0.25) is 0 Å². The molecule has 0 saturated heterocycles. The Labute approximate surface area is 118 Å². The quantitative estimate of drug-likeness (QED) is 0.672. The van der Waals surface area contributed by atoms with Gasteiger partial charge in [0.1, 0.15) is 0 Å². The highest BCUT2D eigenvalue weighted by atomic mass is 16.2. The number of hydrogen-bond donors (Lipinski definition) is 1. The van der Waals surface area contributed by atoms with Crippen molar-refractivity contribution in [2.75, 3.05) is 0 Å². The van der Waals surface area contributed by atoms with Crippen molar-refractivity contribution in [1.82, 2.24) is 5.43 Å². The molecule has 20 heavy (non-hydrogen) atoms. The van der Waals surface area contributed by atoms with Crippen molar-refractivity contribution in [3.63, 3.8) is 0 Å². The Balaban J connectivity index is 1.65. The predicted octanol–water partition coefficient (Wildman–Crippen LogP) is 2.94. The third-order valence-corrected chi connectivity index (χ3v) is 3.54. The van der Waals surface area contributed by atoms with Gasteiger partial charge >= 0.3 is 0 Å². The molecule has 1 aliphatic rings. The van der Waals surface area contributed by atoms with E-state index in [1.165, 1.54) is 24.0 Å². The van der Waals surface area contributed by atoms with E-state index in [2.05, 4.69) is 22.7 Å². The number of nitrogens with zero attached hydrogens (tertiary/aromatic N) is 1. The molecule has 2 aromatic carbocycles. The molecular weight excluding hydrogens is 248 g/mol. The summed E-state index contributed by atoms with van der Waals surface area (Å²) in [5.41, 5.74) is 7.03. The van der Waals surface area contributed by atoms with Crippen LogP contribution in [0.3, 0.4) is 0 Å². The lowest BCUT2D eigenvalue weighted by molar-refractivity contribution is 0.0955. The van der Waals surface area contributed by atoms with E-state index in [1.807, 2.05) is 24.3 Å². The minimum atomic E-state index is -0.192. The first-order valence-electron chi connectivity index (χ1n) is 6.83. The summed E-state index contributed by atoms with van der Waals surface area (Å²) >= 11 is 0. The zero-order chi connectivity index (χ0) is 13.8. The Morgan fingerprint density at radius 3 is 2.70 bits per heavy atom. The molecule has 0 aliphatic heterocycles. The van der Waals surface area contributed by atoms with Gasteiger partial charge in [0.15, 0.2) is 0 Å². The third-order valence-electron chi connectivity index (χ3n) is 3.54. The summed E-state index contributed by atoms with van der Waals surface area (Å²) in [5.74, 6) is -0.192. The highest BCUT2D eigenvalue weighted by Crippen LogP contribution is 2.22. The molecule has 0 heterocycles. The Morgan fingerprint density at radius 2 is 1.85 bits per heavy atom. The van der Waals surface area contributed by atoms with Crippen LogP contribution in [0.4, 0.5) is 0 Å². The fourth-order valence-electron chi connectivity index (χ4n) is 2.49. The molecule has 100 valence electrons. The number of carbonyl (C=O) groups is 1. The van der Waals surface area contributed by atoms with E-state index in [0.29, 0.717) is 5.56 Å². The van der Waals surface area contributed by atoms with Crippen LogP contribution in [0, 0.1) is 0 Å². The minimum Gasteiger partial charge on any atom is -0.267 e. The van der Waals surface area contributed by atoms with E-state index in [9.17, 15) is 4.79 Å². The summed E-state index contributed by atoms with van der Waals surface area (Å²) in [6.07, 6.45) is 5.25. The lowest BCUT2D eigenvalue weighted by Gasteiger charge is -2.01. The molecule has 3 rings (SSSR count). The largest absolute Gasteiger partial charge is 0.271 e. The number of hydrazone groups is 1. The van der Waals surface area contributed by atoms with Crippen LogP contribution in [0.1, 0.15) is 33.5 Å². The summed E-state index contributed by atoms with van der Waals surface area (Å²) in [4.78, 5) is 11.8. The molecule has 0 atom stereocenters. The van der Waals surface area contributed by atoms with Gasteiger partial charge in [-0.15, -0.1) is 0 Å². The predicted molar refractivity (Wildman–Crippen MR) is 80.0 cm³/mol. The van der Waals surface area contributed by atoms with Gasteiger partial charge in [-0.05, 0) is 54.2 Å². The average molecular weight is 264 g/mol. The van der Waals surface area contributed by atoms with Crippen LogP contribution in [0.5, 0.6) is 0 Å². The normalized spacial score (nSPS) is 13.4. The second kappa shape index (κ2) is 5.70. The fourth-order valence-corrected chi connectivity index (χ4v) is 2.49. The van der Waals surface area contributed by atoms with Crippen LogP contribution in [0.15, 0.2) is 53.6 Å². The van der Waals surface area contributed by atoms with E-state index >= 15 is 0 Å². The van der Waals surface area contributed by atoms with E-state index < -0.39 is 0 Å². The maximum Gasteiger partial charge on any atom is 0.271 e. The van der Waals surface area contributed by atoms with Crippen molar-refractivity contribution in [3.8, 4) is 0 Å². The number of nitrogens with one attached hydrogen (secondary N) is 1. The molecule has 2 aromatic rings. The Hall–Kier alpha value is -2.42. The molecule has 1 N–H and O–H groups in total. The Morgan fingerprint density at radius 1 is 1.05 bits per heavy atom. The van der Waals surface area contributed by atoms with Gasteiger partial charge in [0.2, 0.25) is 0 Å². The van der Waals surface area contributed by atoms with E-state index in [1.54, 1.807) is 18.3 Å². The van der Waals surface area contributed by atoms with E-state index in [4.69, 9.17) is 0 Å². The topological polar surface area (TPSA) is 41.5 Å². The van der Waals surface area contributed by atoms with Gasteiger partial charge in [-0.2, -0.15) is 5.10 Å². The van der Waals surface area contributed by atoms with E-state index in [-0.39, 0.29) is 5.91 Å². The van der Waals surface area contributed by atoms with Crippen LogP contribution < -0.4 is 5.43 Å². The molecule has 0 radical (unpaired) electrons. The number of benzene rings is 2. The van der Waals surface area contributed by atoms with Crippen LogP contribution in [-0.4, -0.2) is 12.1 Å². The van der Waals surface area contributed by atoms with Gasteiger partial charge < -0.3 is 0 Å². The first kappa shape index (κ1) is 12.6. The summed E-state index contributed by atoms with van der Waals surface area (Å²) in [6.45, 7) is 0. The Bertz CT molecular complexity index is 647. The van der Waals surface area contributed by atoms with Gasteiger partial charge in [-0.1, -0.05) is 30.3 Å². The fraction of sp³-hybridized carbons (Fsp3) is 0.176. The number of carbonyl (C=O) groups excluding carboxylic acids is 1. The zero-order valence-electron chi connectivity index (χ0n) is 11.2. The number of aryl methyl sites for hydroxylation is 2. The average Bonchev–Trinajstić information content (AvgIpc) is 2.95. The van der Waals surface area contributed by atoms with Crippen molar-refractivity contribution >= 4 is 12.1 Å². The second-order valence-electron chi connectivity index (χ2n) is 4.95. The maximum atomic E-state index is 11.8.